The monoisotopic (exact) mass is 273 g/mol. The zero-order chi connectivity index (χ0) is 13.7. The highest BCUT2D eigenvalue weighted by Gasteiger charge is 2.37. The topological polar surface area (TPSA) is 38.8 Å². The van der Waals surface area contributed by atoms with Gasteiger partial charge in [-0.05, 0) is 49.4 Å². The number of fused-ring (bicyclic) bond motifs is 2. The molecule has 1 aliphatic carbocycles. The number of ether oxygens (including phenoxy) is 2. The molecule has 106 valence electrons. The van der Waals surface area contributed by atoms with Crippen LogP contribution in [0.4, 0.5) is 0 Å². The first-order valence-corrected chi connectivity index (χ1v) is 7.47. The van der Waals surface area contributed by atoms with Crippen LogP contribution in [0.5, 0.6) is 11.5 Å². The van der Waals surface area contributed by atoms with Crippen molar-refractivity contribution in [3.63, 3.8) is 0 Å². The van der Waals surface area contributed by atoms with Crippen molar-refractivity contribution in [2.24, 2.45) is 5.92 Å². The molecule has 1 atom stereocenters. The maximum absolute atomic E-state index is 12.3. The Morgan fingerprint density at radius 3 is 2.60 bits per heavy atom. The lowest BCUT2D eigenvalue weighted by Crippen LogP contribution is -2.39. The Morgan fingerprint density at radius 1 is 1.20 bits per heavy atom. The Morgan fingerprint density at radius 2 is 1.90 bits per heavy atom. The third kappa shape index (κ3) is 1.86. The molecule has 4 heteroatoms. The molecular weight excluding hydrogens is 254 g/mol. The fourth-order valence-electron chi connectivity index (χ4n) is 3.22. The van der Waals surface area contributed by atoms with Crippen molar-refractivity contribution in [1.82, 2.24) is 4.90 Å². The van der Waals surface area contributed by atoms with Crippen LogP contribution in [-0.2, 0) is 11.2 Å². The molecule has 0 bridgehead atoms. The van der Waals surface area contributed by atoms with Crippen LogP contribution < -0.4 is 9.47 Å². The molecular formula is C16H19NO3. The number of hydrogen-bond acceptors (Lipinski definition) is 3. The van der Waals surface area contributed by atoms with E-state index in [2.05, 4.69) is 19.1 Å². The number of nitrogens with zero attached hydrogens (tertiary/aromatic N) is 1. The van der Waals surface area contributed by atoms with Gasteiger partial charge in [0.1, 0.15) is 13.2 Å². The molecule has 1 aromatic rings. The molecule has 0 saturated heterocycles. The van der Waals surface area contributed by atoms with Gasteiger partial charge in [0.05, 0.1) is 6.04 Å². The molecule has 1 unspecified atom stereocenters. The van der Waals surface area contributed by atoms with E-state index in [0.29, 0.717) is 19.1 Å². The van der Waals surface area contributed by atoms with Gasteiger partial charge in [-0.1, -0.05) is 0 Å². The van der Waals surface area contributed by atoms with Crippen LogP contribution in [0.1, 0.15) is 36.9 Å². The van der Waals surface area contributed by atoms with Crippen molar-refractivity contribution in [2.45, 2.75) is 32.2 Å². The zero-order valence-corrected chi connectivity index (χ0v) is 11.7. The summed E-state index contributed by atoms with van der Waals surface area (Å²) in [5.74, 6) is 2.29. The van der Waals surface area contributed by atoms with Crippen molar-refractivity contribution >= 4 is 5.91 Å². The summed E-state index contributed by atoms with van der Waals surface area (Å²) in [6.07, 6.45) is 3.04. The average molecular weight is 273 g/mol. The Hall–Kier alpha value is -1.71. The van der Waals surface area contributed by atoms with Crippen molar-refractivity contribution in [3.8, 4) is 11.5 Å². The lowest BCUT2D eigenvalue weighted by molar-refractivity contribution is -0.135. The van der Waals surface area contributed by atoms with E-state index >= 15 is 0 Å². The maximum Gasteiger partial charge on any atom is 0.226 e. The number of carbonyl (C=O) groups is 1. The summed E-state index contributed by atoms with van der Waals surface area (Å²) in [6, 6.07) is 4.31. The summed E-state index contributed by atoms with van der Waals surface area (Å²) in [6.45, 7) is 4.16. The van der Waals surface area contributed by atoms with Crippen molar-refractivity contribution in [3.05, 3.63) is 23.3 Å². The van der Waals surface area contributed by atoms with Gasteiger partial charge in [-0.2, -0.15) is 0 Å². The summed E-state index contributed by atoms with van der Waals surface area (Å²) in [5, 5.41) is 0. The number of hydrogen-bond donors (Lipinski definition) is 0. The predicted octanol–water partition coefficient (Wildman–Crippen LogP) is 2.31. The first-order chi connectivity index (χ1) is 9.74. The van der Waals surface area contributed by atoms with E-state index in [-0.39, 0.29) is 12.0 Å². The molecule has 1 saturated carbocycles. The van der Waals surface area contributed by atoms with Crippen LogP contribution in [0, 0.1) is 5.92 Å². The highest BCUT2D eigenvalue weighted by atomic mass is 16.6. The van der Waals surface area contributed by atoms with Gasteiger partial charge in [0.2, 0.25) is 5.91 Å². The Bertz CT molecular complexity index is 565. The van der Waals surface area contributed by atoms with E-state index in [1.54, 1.807) is 0 Å². The average Bonchev–Trinajstić information content (AvgIpc) is 3.30. The number of benzene rings is 1. The molecule has 0 radical (unpaired) electrons. The molecule has 2 heterocycles. The Kier molecular flexibility index (Phi) is 2.65. The smallest absolute Gasteiger partial charge is 0.226 e. The van der Waals surface area contributed by atoms with E-state index in [1.165, 1.54) is 11.1 Å². The molecule has 1 fully saturated rings. The van der Waals surface area contributed by atoms with E-state index in [4.69, 9.17) is 9.47 Å². The highest BCUT2D eigenvalue weighted by molar-refractivity contribution is 5.82. The molecule has 4 rings (SSSR count). The van der Waals surface area contributed by atoms with Gasteiger partial charge in [-0.3, -0.25) is 4.79 Å². The molecule has 1 aromatic carbocycles. The number of carbonyl (C=O) groups excluding carboxylic acids is 1. The van der Waals surface area contributed by atoms with Crippen LogP contribution in [0.2, 0.25) is 0 Å². The highest BCUT2D eigenvalue weighted by Crippen LogP contribution is 2.41. The van der Waals surface area contributed by atoms with Crippen LogP contribution in [-0.4, -0.2) is 30.6 Å². The normalized spacial score (nSPS) is 24.2. The molecule has 0 spiro atoms. The van der Waals surface area contributed by atoms with Crippen LogP contribution in [0.15, 0.2) is 12.1 Å². The van der Waals surface area contributed by atoms with E-state index in [0.717, 1.165) is 37.3 Å². The van der Waals surface area contributed by atoms with Crippen molar-refractivity contribution in [1.29, 1.82) is 0 Å². The second-order valence-electron chi connectivity index (χ2n) is 5.93. The van der Waals surface area contributed by atoms with Crippen molar-refractivity contribution in [2.75, 3.05) is 19.8 Å². The minimum absolute atomic E-state index is 0.141. The van der Waals surface area contributed by atoms with Gasteiger partial charge in [0, 0.05) is 12.5 Å². The summed E-state index contributed by atoms with van der Waals surface area (Å²) >= 11 is 0. The summed E-state index contributed by atoms with van der Waals surface area (Å²) in [7, 11) is 0. The van der Waals surface area contributed by atoms with Crippen LogP contribution in [0.3, 0.4) is 0 Å². The summed E-state index contributed by atoms with van der Waals surface area (Å²) < 4.78 is 11.3. The van der Waals surface area contributed by atoms with Gasteiger partial charge in [0.15, 0.2) is 11.5 Å². The van der Waals surface area contributed by atoms with Gasteiger partial charge < -0.3 is 14.4 Å². The van der Waals surface area contributed by atoms with Crippen LogP contribution >= 0.6 is 0 Å². The van der Waals surface area contributed by atoms with E-state index in [1.807, 2.05) is 4.90 Å². The molecule has 3 aliphatic rings. The molecule has 2 aliphatic heterocycles. The van der Waals surface area contributed by atoms with E-state index < -0.39 is 0 Å². The second-order valence-corrected chi connectivity index (χ2v) is 5.93. The summed E-state index contributed by atoms with van der Waals surface area (Å²) in [4.78, 5) is 14.4. The Labute approximate surface area is 118 Å². The SMILES string of the molecule is CC1c2cc3c(cc2CCN1C(=O)C1CC1)OCCO3. The third-order valence-corrected chi connectivity index (χ3v) is 4.55. The second kappa shape index (κ2) is 4.40. The maximum atomic E-state index is 12.3. The van der Waals surface area contributed by atoms with E-state index in [9.17, 15) is 4.79 Å². The zero-order valence-electron chi connectivity index (χ0n) is 11.7. The minimum atomic E-state index is 0.141. The van der Waals surface area contributed by atoms with Crippen molar-refractivity contribution < 1.29 is 14.3 Å². The summed E-state index contributed by atoms with van der Waals surface area (Å²) in [5.41, 5.74) is 2.51. The largest absolute Gasteiger partial charge is 0.486 e. The van der Waals surface area contributed by atoms with Gasteiger partial charge >= 0.3 is 0 Å². The fraction of sp³-hybridized carbons (Fsp3) is 0.562. The standard InChI is InChI=1S/C16H19NO3/c1-10-13-9-15-14(19-6-7-20-15)8-12(13)4-5-17(10)16(18)11-2-3-11/h8-11H,2-7H2,1H3. The molecule has 4 nitrogen and oxygen atoms in total. The van der Waals surface area contributed by atoms with Crippen LogP contribution in [0.25, 0.3) is 0 Å². The lowest BCUT2D eigenvalue weighted by Gasteiger charge is -2.36. The third-order valence-electron chi connectivity index (χ3n) is 4.55. The van der Waals surface area contributed by atoms with Gasteiger partial charge in [-0.25, -0.2) is 0 Å². The predicted molar refractivity (Wildman–Crippen MR) is 74.0 cm³/mol. The first kappa shape index (κ1) is 12.1. The van der Waals surface area contributed by atoms with Gasteiger partial charge in [0.25, 0.3) is 0 Å². The fourth-order valence-corrected chi connectivity index (χ4v) is 3.22. The lowest BCUT2D eigenvalue weighted by atomic mass is 9.92. The van der Waals surface area contributed by atoms with Gasteiger partial charge in [-0.15, -0.1) is 0 Å². The number of amides is 1. The minimum Gasteiger partial charge on any atom is -0.486 e. The molecule has 0 N–H and O–H groups in total. The molecule has 20 heavy (non-hydrogen) atoms. The Balaban J connectivity index is 1.67. The first-order valence-electron chi connectivity index (χ1n) is 7.47. The molecule has 1 amide bonds. The quantitative estimate of drug-likeness (QED) is 0.788. The number of rotatable bonds is 1. The molecule has 0 aromatic heterocycles.